The molecule has 0 aromatic carbocycles. The summed E-state index contributed by atoms with van der Waals surface area (Å²) in [6.07, 6.45) is 6.26. The Kier molecular flexibility index (Phi) is 6.31. The number of carbonyl (C=O) groups excluding carboxylic acids is 1. The highest BCUT2D eigenvalue weighted by Gasteiger charge is 2.44. The maximum atomic E-state index is 12.0. The van der Waals surface area contributed by atoms with Gasteiger partial charge in [0.25, 0.3) is 0 Å². The minimum Gasteiger partial charge on any atom is -0.469 e. The highest BCUT2D eigenvalue weighted by atomic mass is 16.5. The lowest BCUT2D eigenvalue weighted by atomic mass is 9.68. The van der Waals surface area contributed by atoms with Crippen LogP contribution in [0.5, 0.6) is 0 Å². The van der Waals surface area contributed by atoms with Crippen molar-refractivity contribution < 1.29 is 14.6 Å². The van der Waals surface area contributed by atoms with Crippen molar-refractivity contribution in [2.24, 2.45) is 17.8 Å². The zero-order valence-electron chi connectivity index (χ0n) is 12.9. The van der Waals surface area contributed by atoms with Gasteiger partial charge in [-0.15, -0.1) is 0 Å². The molecule has 0 aromatic heterocycles. The van der Waals surface area contributed by atoms with E-state index in [1.54, 1.807) is 0 Å². The zero-order valence-corrected chi connectivity index (χ0v) is 12.9. The van der Waals surface area contributed by atoms with Gasteiger partial charge in [-0.1, -0.05) is 33.6 Å². The molecule has 0 aliphatic heterocycles. The number of ether oxygens (including phenoxy) is 1. The number of methoxy groups -OCH3 is 1. The number of carbonyl (C=O) groups is 1. The first-order valence-corrected chi connectivity index (χ1v) is 7.74. The van der Waals surface area contributed by atoms with Gasteiger partial charge in [-0.05, 0) is 43.9 Å². The van der Waals surface area contributed by atoms with Gasteiger partial charge in [-0.2, -0.15) is 0 Å². The molecule has 0 heterocycles. The third-order valence-corrected chi connectivity index (χ3v) is 4.82. The first-order valence-electron chi connectivity index (χ1n) is 7.74. The summed E-state index contributed by atoms with van der Waals surface area (Å²) in [6.45, 7) is 6.59. The number of unbranched alkanes of at least 4 members (excludes halogenated alkanes) is 1. The SMILES string of the molecule is CCCCC(C(=O)OC)C1(O)CCC(C(C)C)CC1. The summed E-state index contributed by atoms with van der Waals surface area (Å²) in [5, 5.41) is 10.9. The number of aliphatic hydroxyl groups is 1. The fourth-order valence-corrected chi connectivity index (χ4v) is 3.31. The van der Waals surface area contributed by atoms with E-state index >= 15 is 0 Å². The van der Waals surface area contributed by atoms with Crippen LogP contribution in [0.15, 0.2) is 0 Å². The Bertz CT molecular complexity index is 278. The van der Waals surface area contributed by atoms with Crippen LogP contribution < -0.4 is 0 Å². The molecule has 0 radical (unpaired) electrons. The van der Waals surface area contributed by atoms with E-state index in [0.29, 0.717) is 11.8 Å². The second-order valence-electron chi connectivity index (χ2n) is 6.40. The van der Waals surface area contributed by atoms with Crippen LogP contribution in [0.4, 0.5) is 0 Å². The molecule has 1 aliphatic rings. The van der Waals surface area contributed by atoms with E-state index in [1.165, 1.54) is 7.11 Å². The van der Waals surface area contributed by atoms with Crippen LogP contribution in [-0.4, -0.2) is 23.8 Å². The lowest BCUT2D eigenvalue weighted by molar-refractivity contribution is -0.160. The minimum atomic E-state index is -0.840. The Labute approximate surface area is 117 Å². The molecule has 112 valence electrons. The van der Waals surface area contributed by atoms with E-state index in [-0.39, 0.29) is 11.9 Å². The molecule has 19 heavy (non-hydrogen) atoms. The molecule has 1 fully saturated rings. The molecular formula is C16H30O3. The first kappa shape index (κ1) is 16.5. The summed E-state index contributed by atoms with van der Waals surface area (Å²) in [5.74, 6) is 0.769. The molecule has 1 saturated carbocycles. The largest absolute Gasteiger partial charge is 0.469 e. The third-order valence-electron chi connectivity index (χ3n) is 4.82. The highest BCUT2D eigenvalue weighted by molar-refractivity contribution is 5.73. The molecule has 0 bridgehead atoms. The van der Waals surface area contributed by atoms with Crippen molar-refractivity contribution >= 4 is 5.97 Å². The number of hydrogen-bond donors (Lipinski definition) is 1. The predicted octanol–water partition coefficient (Wildman–Crippen LogP) is 3.54. The maximum absolute atomic E-state index is 12.0. The normalized spacial score (nSPS) is 29.3. The van der Waals surface area contributed by atoms with Crippen molar-refractivity contribution in [1.29, 1.82) is 0 Å². The van der Waals surface area contributed by atoms with Crippen molar-refractivity contribution in [3.8, 4) is 0 Å². The molecule has 0 spiro atoms. The lowest BCUT2D eigenvalue weighted by Crippen LogP contribution is -2.46. The summed E-state index contributed by atoms with van der Waals surface area (Å²) >= 11 is 0. The van der Waals surface area contributed by atoms with Gasteiger partial charge in [0.15, 0.2) is 0 Å². The van der Waals surface area contributed by atoms with Crippen LogP contribution in [0.1, 0.15) is 65.7 Å². The maximum Gasteiger partial charge on any atom is 0.311 e. The van der Waals surface area contributed by atoms with E-state index in [0.717, 1.165) is 44.9 Å². The summed E-state index contributed by atoms with van der Waals surface area (Å²) in [5.41, 5.74) is -0.840. The molecular weight excluding hydrogens is 240 g/mol. The summed E-state index contributed by atoms with van der Waals surface area (Å²) in [7, 11) is 1.42. The molecule has 1 atom stereocenters. The standard InChI is InChI=1S/C16H30O3/c1-5-6-7-14(15(17)19-4)16(18)10-8-13(9-11-16)12(2)3/h12-14,18H,5-11H2,1-4H3. The Morgan fingerprint density at radius 1 is 1.37 bits per heavy atom. The van der Waals surface area contributed by atoms with Crippen LogP contribution in [0.25, 0.3) is 0 Å². The van der Waals surface area contributed by atoms with Crippen LogP contribution in [0.2, 0.25) is 0 Å². The van der Waals surface area contributed by atoms with Gasteiger partial charge in [0.05, 0.1) is 18.6 Å². The molecule has 3 nitrogen and oxygen atoms in total. The third kappa shape index (κ3) is 4.20. The number of rotatable bonds is 6. The van der Waals surface area contributed by atoms with Gasteiger partial charge in [-0.25, -0.2) is 0 Å². The van der Waals surface area contributed by atoms with Crippen molar-refractivity contribution in [2.75, 3.05) is 7.11 Å². The molecule has 0 aromatic rings. The summed E-state index contributed by atoms with van der Waals surface area (Å²) in [6, 6.07) is 0. The lowest BCUT2D eigenvalue weighted by Gasteiger charge is -2.41. The van der Waals surface area contributed by atoms with Crippen molar-refractivity contribution in [1.82, 2.24) is 0 Å². The van der Waals surface area contributed by atoms with Gasteiger partial charge in [0.1, 0.15) is 0 Å². The second kappa shape index (κ2) is 7.28. The van der Waals surface area contributed by atoms with E-state index in [1.807, 2.05) is 0 Å². The van der Waals surface area contributed by atoms with Gasteiger partial charge >= 0.3 is 5.97 Å². The average molecular weight is 270 g/mol. The number of hydrogen-bond acceptors (Lipinski definition) is 3. The Balaban J connectivity index is 2.70. The van der Waals surface area contributed by atoms with Crippen molar-refractivity contribution in [3.05, 3.63) is 0 Å². The van der Waals surface area contributed by atoms with Crippen LogP contribution >= 0.6 is 0 Å². The molecule has 1 rings (SSSR count). The smallest absolute Gasteiger partial charge is 0.311 e. The Morgan fingerprint density at radius 2 is 1.95 bits per heavy atom. The number of esters is 1. The topological polar surface area (TPSA) is 46.5 Å². The average Bonchev–Trinajstić information content (AvgIpc) is 2.39. The predicted molar refractivity (Wildman–Crippen MR) is 76.8 cm³/mol. The molecule has 3 heteroatoms. The summed E-state index contributed by atoms with van der Waals surface area (Å²) in [4.78, 5) is 12.0. The summed E-state index contributed by atoms with van der Waals surface area (Å²) < 4.78 is 4.90. The van der Waals surface area contributed by atoms with E-state index < -0.39 is 5.60 Å². The Hall–Kier alpha value is -0.570. The highest BCUT2D eigenvalue weighted by Crippen LogP contribution is 2.41. The first-order chi connectivity index (χ1) is 8.94. The fourth-order valence-electron chi connectivity index (χ4n) is 3.31. The van der Waals surface area contributed by atoms with E-state index in [2.05, 4.69) is 20.8 Å². The fraction of sp³-hybridized carbons (Fsp3) is 0.938. The molecule has 1 aliphatic carbocycles. The molecule has 1 N–H and O–H groups in total. The second-order valence-corrected chi connectivity index (χ2v) is 6.40. The molecule has 1 unspecified atom stereocenters. The van der Waals surface area contributed by atoms with Crippen LogP contribution in [0.3, 0.4) is 0 Å². The van der Waals surface area contributed by atoms with E-state index in [9.17, 15) is 9.90 Å². The van der Waals surface area contributed by atoms with Gasteiger partial charge in [0, 0.05) is 0 Å². The van der Waals surface area contributed by atoms with Crippen LogP contribution in [-0.2, 0) is 9.53 Å². The van der Waals surface area contributed by atoms with Gasteiger partial charge in [-0.3, -0.25) is 4.79 Å². The van der Waals surface area contributed by atoms with Crippen LogP contribution in [0, 0.1) is 17.8 Å². The Morgan fingerprint density at radius 3 is 2.37 bits per heavy atom. The van der Waals surface area contributed by atoms with Gasteiger partial charge in [0.2, 0.25) is 0 Å². The van der Waals surface area contributed by atoms with E-state index in [4.69, 9.17) is 4.74 Å². The molecule has 0 saturated heterocycles. The van der Waals surface area contributed by atoms with Crippen molar-refractivity contribution in [2.45, 2.75) is 71.3 Å². The minimum absolute atomic E-state index is 0.237. The monoisotopic (exact) mass is 270 g/mol. The zero-order chi connectivity index (χ0) is 14.5. The quantitative estimate of drug-likeness (QED) is 0.751. The van der Waals surface area contributed by atoms with Gasteiger partial charge < -0.3 is 9.84 Å². The van der Waals surface area contributed by atoms with Crippen molar-refractivity contribution in [3.63, 3.8) is 0 Å². The molecule has 0 amide bonds.